The Morgan fingerprint density at radius 3 is 0.963 bits per heavy atom. The molecule has 0 N–H and O–H groups in total. The summed E-state index contributed by atoms with van der Waals surface area (Å²) in [7, 11) is 85.3. The zero-order valence-electron chi connectivity index (χ0n) is 38.3. The van der Waals surface area contributed by atoms with E-state index in [1.807, 2.05) is 314 Å². The van der Waals surface area contributed by atoms with Crippen molar-refractivity contribution in [3.05, 3.63) is 41.9 Å². The molecule has 3 heterocycles. The Labute approximate surface area is 614 Å². The van der Waals surface area contributed by atoms with Gasteiger partial charge in [-0.3, -0.25) is 9.97 Å². The minimum atomic E-state index is -0.360. The number of rotatable bonds is 1. The van der Waals surface area contributed by atoms with Crippen molar-refractivity contribution in [1.82, 2.24) is 9.97 Å². The van der Waals surface area contributed by atoms with E-state index in [1.54, 1.807) is 107 Å². The normalized spacial score (nSPS) is 16.9. The van der Waals surface area contributed by atoms with Crippen LogP contribution < -0.4 is 5.46 Å². The monoisotopic (exact) mass is 2000 g/mol. The molecule has 0 amide bonds. The van der Waals surface area contributed by atoms with E-state index < -0.39 is 0 Å². The maximum absolute atomic E-state index is 6.35. The molecule has 6 rings (SSSR count). The number of nitrogens with zero attached hydrogens (tertiary/aromatic N) is 2. The van der Waals surface area contributed by atoms with E-state index in [-0.39, 0.29) is 36.6 Å². The Bertz CT molecular complexity index is 4780. The molecule has 2 aromatic heterocycles. The van der Waals surface area contributed by atoms with Gasteiger partial charge >= 0.3 is 7.12 Å². The van der Waals surface area contributed by atoms with E-state index in [9.17, 15) is 0 Å². The summed E-state index contributed by atoms with van der Waals surface area (Å²) in [6.45, 7) is 8.44. The molecule has 55 heteroatoms. The first-order valence-corrected chi connectivity index (χ1v) is 84.6. The molecule has 2 saturated carbocycles. The largest absolute Gasteiger partial charge is 0.496 e. The van der Waals surface area contributed by atoms with Gasteiger partial charge < -0.3 is 9.31 Å². The number of hydrogen-bond donors (Lipinski definition) is 0. The van der Waals surface area contributed by atoms with Crippen LogP contribution in [0.4, 0.5) is 0 Å². The average molecular weight is 2010 g/mol. The molecular formula is C25H33BN2O2S50. The third-order valence-corrected chi connectivity index (χ3v) is 115. The average Bonchev–Trinajstić information content (AvgIpc) is 2.97. The first-order valence-electron chi connectivity index (χ1n) is 19.3. The molecule has 3 aliphatic carbocycles. The van der Waals surface area contributed by atoms with Crippen LogP contribution in [-0.2, 0) is 469 Å². The molecule has 458 valence electrons. The van der Waals surface area contributed by atoms with Gasteiger partial charge in [-0.15, -0.1) is 0 Å². The van der Waals surface area contributed by atoms with E-state index in [4.69, 9.17) is 41.7 Å². The van der Waals surface area contributed by atoms with Gasteiger partial charge in [-0.2, -0.15) is 0 Å². The zero-order chi connectivity index (χ0) is 56.0. The Kier molecular flexibility index (Phi) is 52.6. The summed E-state index contributed by atoms with van der Waals surface area (Å²) >= 11 is 9.62. The van der Waals surface area contributed by atoms with E-state index in [0.717, 1.165) is 11.2 Å². The quantitative estimate of drug-likeness (QED) is 0.383. The third kappa shape index (κ3) is 31.2. The summed E-state index contributed by atoms with van der Waals surface area (Å²) in [5.41, 5.74) is 5.83. The molecule has 3 fully saturated rings. The molecular weight excluding hydrogens is 1970 g/mol. The highest BCUT2D eigenvalue weighted by Crippen LogP contribution is 2.68. The van der Waals surface area contributed by atoms with Crippen LogP contribution in [0.25, 0.3) is 11.3 Å². The molecule has 0 atom stereocenters. The lowest BCUT2D eigenvalue weighted by molar-refractivity contribution is 0.00578. The van der Waals surface area contributed by atoms with Crippen LogP contribution in [-0.4, -0.2) is 28.3 Å². The fraction of sp³-hybridized carbons (Fsp3) is 0.600. The molecule has 1 saturated heterocycles. The summed E-state index contributed by atoms with van der Waals surface area (Å²) in [6, 6.07) is 6.64. The van der Waals surface area contributed by atoms with Crippen LogP contribution in [0.1, 0.15) is 84.9 Å². The van der Waals surface area contributed by atoms with E-state index in [1.165, 1.54) is 73.1 Å². The van der Waals surface area contributed by atoms with Crippen molar-refractivity contribution in [3.63, 3.8) is 0 Å². The molecule has 1 aliphatic heterocycles. The van der Waals surface area contributed by atoms with Gasteiger partial charge in [0.15, 0.2) is 0 Å². The maximum atomic E-state index is 6.35. The van der Waals surface area contributed by atoms with Crippen molar-refractivity contribution in [3.8, 4) is 11.3 Å². The van der Waals surface area contributed by atoms with Gasteiger partial charge in [-0.25, -0.2) is 0 Å². The van der Waals surface area contributed by atoms with Gasteiger partial charge in [0.05, 0.1) is 22.6 Å². The molecule has 0 spiro atoms. The van der Waals surface area contributed by atoms with Gasteiger partial charge in [-0.05, 0) is 71.1 Å². The fourth-order valence-corrected chi connectivity index (χ4v) is 133. The number of hydrogen-bond acceptors (Lipinski definition) is 6. The van der Waals surface area contributed by atoms with Crippen LogP contribution in [0.3, 0.4) is 0 Å². The van der Waals surface area contributed by atoms with Crippen LogP contribution in [0.2, 0.25) is 0 Å². The van der Waals surface area contributed by atoms with E-state index >= 15 is 0 Å². The smallest absolute Gasteiger partial charge is 0.399 e. The Hall–Kier alpha value is 9.28. The van der Waals surface area contributed by atoms with Gasteiger partial charge in [0, 0.05) is 483 Å². The Morgan fingerprint density at radius 1 is 0.400 bits per heavy atom. The SMILES string of the molecule is C.CC1(C)OB(c2cnc3c(c2)C24CCCC2(CCC4)c2ncccc2-3)OC1(C)C.S=S=S=S=S=S=S=S=S=S=S=S=S=S=S=S=S=S=S=S=S=S=S=S=S=S=S=S=S=S=S=S=S=S=S=S=S=S=S=S=S=S=S=S=S=S=S=S=S=S. The number of aromatic nitrogens is 2. The molecule has 0 bridgehead atoms. The van der Waals surface area contributed by atoms with Crippen molar-refractivity contribution in [2.45, 2.75) is 95.7 Å². The first kappa shape index (κ1) is 81.7. The highest BCUT2D eigenvalue weighted by atomic mass is 33.5. The van der Waals surface area contributed by atoms with Gasteiger partial charge in [0.1, 0.15) is 0 Å². The van der Waals surface area contributed by atoms with Gasteiger partial charge in [0.2, 0.25) is 0 Å². The lowest BCUT2D eigenvalue weighted by Gasteiger charge is -2.46. The maximum Gasteiger partial charge on any atom is 0.496 e. The van der Waals surface area contributed by atoms with Crippen molar-refractivity contribution in [2.75, 3.05) is 0 Å². The van der Waals surface area contributed by atoms with Crippen molar-refractivity contribution in [2.24, 2.45) is 0 Å². The van der Waals surface area contributed by atoms with Crippen molar-refractivity contribution >= 4 is 461 Å². The second-order valence-electron chi connectivity index (χ2n) is 13.8. The van der Waals surface area contributed by atoms with Crippen LogP contribution in [0, 0.1) is 0 Å². The van der Waals surface area contributed by atoms with Crippen molar-refractivity contribution < 1.29 is 9.31 Å². The minimum absolute atomic E-state index is 0. The summed E-state index contributed by atoms with van der Waals surface area (Å²) in [5.74, 6) is 0. The van der Waals surface area contributed by atoms with E-state index in [0.29, 0.717) is 0 Å². The summed E-state index contributed by atoms with van der Waals surface area (Å²) in [4.78, 5) is 9.95. The topological polar surface area (TPSA) is 44.2 Å². The molecule has 0 radical (unpaired) electrons. The summed E-state index contributed by atoms with van der Waals surface area (Å²) in [6.07, 6.45) is 11.5. The molecule has 4 nitrogen and oxygen atoms in total. The number of fused-ring (bicyclic) bond motifs is 3. The zero-order valence-corrected chi connectivity index (χ0v) is 79.2. The fourth-order valence-electron chi connectivity index (χ4n) is 7.25. The van der Waals surface area contributed by atoms with E-state index in [2.05, 4.69) is 45.9 Å². The predicted molar refractivity (Wildman–Crippen MR) is 489 cm³/mol. The second kappa shape index (κ2) is 51.5. The Morgan fingerprint density at radius 2 is 0.675 bits per heavy atom. The van der Waals surface area contributed by atoms with Gasteiger partial charge in [0.25, 0.3) is 0 Å². The third-order valence-electron chi connectivity index (χ3n) is 10.1. The van der Waals surface area contributed by atoms with Crippen LogP contribution in [0.15, 0.2) is 30.6 Å². The number of pyridine rings is 2. The van der Waals surface area contributed by atoms with Crippen LogP contribution in [0.5, 0.6) is 0 Å². The van der Waals surface area contributed by atoms with Crippen LogP contribution >= 0.6 is 0 Å². The first-order chi connectivity index (χ1) is 38.7. The molecule has 0 aromatic carbocycles. The van der Waals surface area contributed by atoms with Gasteiger partial charge in [-0.1, -0.05) is 26.3 Å². The summed E-state index contributed by atoms with van der Waals surface area (Å²) in [5, 5.41) is 0. The predicted octanol–water partition coefficient (Wildman–Crippen LogP) is 4.82. The lowest BCUT2D eigenvalue weighted by Crippen LogP contribution is -2.46. The molecule has 80 heavy (non-hydrogen) atoms. The molecule has 4 aliphatic rings. The Balaban J connectivity index is 0.000000382. The highest BCUT2D eigenvalue weighted by Gasteiger charge is 2.63. The molecule has 0 unspecified atom stereocenters. The second-order valence-corrected chi connectivity index (χ2v) is 98.7. The minimum Gasteiger partial charge on any atom is -0.399 e. The van der Waals surface area contributed by atoms with Crippen molar-refractivity contribution in [1.29, 1.82) is 0 Å². The lowest BCUT2D eigenvalue weighted by atomic mass is 9.57. The molecule has 2 aromatic rings. The highest BCUT2D eigenvalue weighted by molar-refractivity contribution is 8.82. The standard InChI is InChI=1S/C24H29BN2O2.CH4.S50/c1-21(2)22(3,4)29-25(28-21)16-14-18-19(27-15-16)17-8-5-13-26-20(17)24-11-6-9-23(18,24)10-7-12-24;;1-3-5-7-9-11-13-15-17-19-21-23-25-27-29-31-33-35-37-39-41-43-45-47-49-50-48-46-44-42-40-38-36-34-32-30-28-26-24-22-20-18-16-14-12-10-8-6-4-2/h5,8,13-15H,6-7,9-12H2,1-4H3;1H4;. The summed E-state index contributed by atoms with van der Waals surface area (Å²) < 4.78 is 12.7.